The molecule has 7 nitrogen and oxygen atoms in total. The molecule has 2 aromatic carbocycles. The van der Waals surface area contributed by atoms with Gasteiger partial charge in [0.2, 0.25) is 6.79 Å². The van der Waals surface area contributed by atoms with Crippen LogP contribution in [0.1, 0.15) is 11.1 Å². The molecule has 0 bridgehead atoms. The molecule has 0 unspecified atom stereocenters. The van der Waals surface area contributed by atoms with E-state index in [4.69, 9.17) is 18.9 Å². The molecular weight excluding hydrogens is 395 g/mol. The molecule has 0 atom stereocenters. The van der Waals surface area contributed by atoms with Gasteiger partial charge >= 0.3 is 12.1 Å². The smallest absolute Gasteiger partial charge is 0.416 e. The molecule has 1 heterocycles. The summed E-state index contributed by atoms with van der Waals surface area (Å²) in [5.74, 6) is -0.371. The van der Waals surface area contributed by atoms with Crippen LogP contribution in [0.15, 0.2) is 42.5 Å². The van der Waals surface area contributed by atoms with E-state index in [9.17, 15) is 22.8 Å². The van der Waals surface area contributed by atoms with Crippen molar-refractivity contribution >= 4 is 11.9 Å². The zero-order valence-corrected chi connectivity index (χ0v) is 15.0. The molecule has 3 rings (SSSR count). The highest BCUT2D eigenvalue weighted by atomic mass is 19.4. The average molecular weight is 411 g/mol. The van der Waals surface area contributed by atoms with E-state index in [2.05, 4.69) is 5.32 Å². The normalized spacial score (nSPS) is 12.4. The Morgan fingerprint density at radius 1 is 1.03 bits per heavy atom. The Balaban J connectivity index is 1.38. The third-order valence-corrected chi connectivity index (χ3v) is 3.81. The number of halogens is 3. The first-order valence-electron chi connectivity index (χ1n) is 8.42. The Kier molecular flexibility index (Phi) is 6.10. The minimum absolute atomic E-state index is 0.135. The number of rotatable bonds is 7. The number of hydrogen-bond acceptors (Lipinski definition) is 6. The molecule has 1 N–H and O–H groups in total. The van der Waals surface area contributed by atoms with Crippen LogP contribution in [0, 0.1) is 0 Å². The number of carbonyl (C=O) groups excluding carboxylic acids is 2. The van der Waals surface area contributed by atoms with Crippen molar-refractivity contribution in [2.45, 2.75) is 12.7 Å². The second-order valence-electron chi connectivity index (χ2n) is 5.94. The summed E-state index contributed by atoms with van der Waals surface area (Å²) >= 11 is 0. The monoisotopic (exact) mass is 411 g/mol. The molecule has 1 aliphatic heterocycles. The van der Waals surface area contributed by atoms with Crippen LogP contribution in [0.25, 0.3) is 0 Å². The van der Waals surface area contributed by atoms with Gasteiger partial charge in [-0.05, 0) is 35.9 Å². The molecule has 0 fully saturated rings. The Hall–Kier alpha value is -3.43. The van der Waals surface area contributed by atoms with E-state index in [0.717, 1.165) is 23.8 Å². The van der Waals surface area contributed by atoms with Crippen molar-refractivity contribution in [3.8, 4) is 17.2 Å². The summed E-state index contributed by atoms with van der Waals surface area (Å²) in [4.78, 5) is 23.4. The highest BCUT2D eigenvalue weighted by molar-refractivity contribution is 5.80. The lowest BCUT2D eigenvalue weighted by Gasteiger charge is -2.10. The zero-order chi connectivity index (χ0) is 20.9. The van der Waals surface area contributed by atoms with Crippen molar-refractivity contribution < 1.29 is 41.7 Å². The van der Waals surface area contributed by atoms with Gasteiger partial charge in [-0.15, -0.1) is 0 Å². The predicted molar refractivity (Wildman–Crippen MR) is 92.3 cm³/mol. The Labute approximate surface area is 163 Å². The summed E-state index contributed by atoms with van der Waals surface area (Å²) in [6, 6.07) is 9.28. The van der Waals surface area contributed by atoms with E-state index < -0.39 is 36.8 Å². The van der Waals surface area contributed by atoms with Gasteiger partial charge in [-0.2, -0.15) is 13.2 Å². The lowest BCUT2D eigenvalue weighted by Crippen LogP contribution is -2.29. The van der Waals surface area contributed by atoms with Gasteiger partial charge in [0.05, 0.1) is 5.56 Å². The molecule has 154 valence electrons. The average Bonchev–Trinajstić information content (AvgIpc) is 3.16. The fourth-order valence-corrected chi connectivity index (χ4v) is 2.39. The van der Waals surface area contributed by atoms with Gasteiger partial charge in [0.15, 0.2) is 24.7 Å². The van der Waals surface area contributed by atoms with Crippen molar-refractivity contribution in [2.24, 2.45) is 0 Å². The number of nitrogens with one attached hydrogen (secondary N) is 1. The highest BCUT2D eigenvalue weighted by Crippen LogP contribution is 2.32. The number of hydrogen-bond donors (Lipinski definition) is 1. The predicted octanol–water partition coefficient (Wildman–Crippen LogP) is 2.67. The second kappa shape index (κ2) is 8.72. The molecular formula is C19H16F3NO6. The van der Waals surface area contributed by atoms with E-state index in [1.807, 2.05) is 0 Å². The third kappa shape index (κ3) is 5.77. The van der Waals surface area contributed by atoms with Crippen LogP contribution in [0.2, 0.25) is 0 Å². The molecule has 10 heteroatoms. The molecule has 0 radical (unpaired) electrons. The molecule has 0 spiro atoms. The third-order valence-electron chi connectivity index (χ3n) is 3.81. The first-order chi connectivity index (χ1) is 13.8. The Morgan fingerprint density at radius 2 is 1.83 bits per heavy atom. The van der Waals surface area contributed by atoms with Crippen molar-refractivity contribution in [3.63, 3.8) is 0 Å². The van der Waals surface area contributed by atoms with Crippen molar-refractivity contribution in [1.29, 1.82) is 0 Å². The minimum Gasteiger partial charge on any atom is -0.482 e. The summed E-state index contributed by atoms with van der Waals surface area (Å²) in [6.45, 7) is -0.844. The van der Waals surface area contributed by atoms with Gasteiger partial charge in [-0.25, -0.2) is 4.79 Å². The summed E-state index contributed by atoms with van der Waals surface area (Å²) in [5, 5.41) is 2.57. The molecule has 0 aliphatic carbocycles. The number of ether oxygens (including phenoxy) is 4. The first-order valence-corrected chi connectivity index (χ1v) is 8.42. The van der Waals surface area contributed by atoms with Crippen molar-refractivity contribution in [1.82, 2.24) is 5.32 Å². The molecule has 29 heavy (non-hydrogen) atoms. The van der Waals surface area contributed by atoms with Crippen molar-refractivity contribution in [3.05, 3.63) is 53.6 Å². The maximum atomic E-state index is 12.6. The molecule has 1 amide bonds. The summed E-state index contributed by atoms with van der Waals surface area (Å²) in [6.07, 6.45) is -4.52. The fourth-order valence-electron chi connectivity index (χ4n) is 2.39. The Bertz CT molecular complexity index is 900. The summed E-state index contributed by atoms with van der Waals surface area (Å²) in [5.41, 5.74) is -0.131. The van der Waals surface area contributed by atoms with Gasteiger partial charge in [0.25, 0.3) is 5.91 Å². The SMILES string of the molecule is O=C(COC(=O)COc1cccc(C(F)(F)F)c1)NCc1ccc2c(c1)OCO2. The van der Waals surface area contributed by atoms with E-state index in [-0.39, 0.29) is 19.1 Å². The van der Waals surface area contributed by atoms with Gasteiger partial charge in [0, 0.05) is 6.54 Å². The number of fused-ring (bicyclic) bond motifs is 1. The van der Waals surface area contributed by atoms with Gasteiger partial charge in [-0.1, -0.05) is 12.1 Å². The lowest BCUT2D eigenvalue weighted by molar-refractivity contribution is -0.150. The minimum atomic E-state index is -4.52. The van der Waals surface area contributed by atoms with Crippen LogP contribution in [0.5, 0.6) is 17.2 Å². The quantitative estimate of drug-likeness (QED) is 0.706. The molecule has 0 aromatic heterocycles. The largest absolute Gasteiger partial charge is 0.482 e. The number of amides is 1. The topological polar surface area (TPSA) is 83.1 Å². The number of benzene rings is 2. The summed E-state index contributed by atoms with van der Waals surface area (Å²) < 4.78 is 58.0. The van der Waals surface area contributed by atoms with Crippen LogP contribution in [-0.4, -0.2) is 31.9 Å². The molecule has 2 aromatic rings. The second-order valence-corrected chi connectivity index (χ2v) is 5.94. The number of alkyl halides is 3. The molecule has 0 saturated heterocycles. The first kappa shape index (κ1) is 20.3. The van der Waals surface area contributed by atoms with Crippen LogP contribution < -0.4 is 19.5 Å². The van der Waals surface area contributed by atoms with E-state index >= 15 is 0 Å². The van der Waals surface area contributed by atoms with Gasteiger partial charge in [-0.3, -0.25) is 4.79 Å². The van der Waals surface area contributed by atoms with E-state index in [0.29, 0.717) is 11.5 Å². The lowest BCUT2D eigenvalue weighted by atomic mass is 10.2. The van der Waals surface area contributed by atoms with Gasteiger partial charge < -0.3 is 24.3 Å². The van der Waals surface area contributed by atoms with Crippen LogP contribution in [0.4, 0.5) is 13.2 Å². The molecule has 1 aliphatic rings. The van der Waals surface area contributed by atoms with E-state index in [1.165, 1.54) is 6.07 Å². The fraction of sp³-hybridized carbons (Fsp3) is 0.263. The Morgan fingerprint density at radius 3 is 2.62 bits per heavy atom. The van der Waals surface area contributed by atoms with Crippen LogP contribution in [-0.2, 0) is 27.0 Å². The number of carbonyl (C=O) groups is 2. The maximum Gasteiger partial charge on any atom is 0.416 e. The molecule has 0 saturated carbocycles. The standard InChI is InChI=1S/C19H16F3NO6/c20-19(21,22)13-2-1-3-14(7-13)26-10-18(25)27-9-17(24)23-8-12-4-5-15-16(6-12)29-11-28-15/h1-7H,8-11H2,(H,23,24). The maximum absolute atomic E-state index is 12.6. The van der Waals surface area contributed by atoms with Gasteiger partial charge in [0.1, 0.15) is 5.75 Å². The van der Waals surface area contributed by atoms with Crippen molar-refractivity contribution in [2.75, 3.05) is 20.0 Å². The van der Waals surface area contributed by atoms with Crippen LogP contribution >= 0.6 is 0 Å². The highest BCUT2D eigenvalue weighted by Gasteiger charge is 2.30. The summed E-state index contributed by atoms with van der Waals surface area (Å²) in [7, 11) is 0. The number of esters is 1. The van der Waals surface area contributed by atoms with E-state index in [1.54, 1.807) is 18.2 Å². The van der Waals surface area contributed by atoms with Crippen LogP contribution in [0.3, 0.4) is 0 Å². The zero-order valence-electron chi connectivity index (χ0n) is 15.0.